The maximum absolute atomic E-state index is 11.8. The van der Waals surface area contributed by atoms with Crippen LogP contribution < -0.4 is 0 Å². The average Bonchev–Trinajstić information content (AvgIpc) is 2.54. The first-order valence-electron chi connectivity index (χ1n) is 6.27. The predicted molar refractivity (Wildman–Crippen MR) is 76.7 cm³/mol. The number of carbonyl (C=O) groups excluding carboxylic acids is 1. The second kappa shape index (κ2) is 4.77. The Morgan fingerprint density at radius 3 is 2.56 bits per heavy atom. The number of rotatable bonds is 3. The average molecular weight is 264 g/mol. The third-order valence-corrected chi connectivity index (χ3v) is 3.64. The fourth-order valence-electron chi connectivity index (χ4n) is 2.59. The van der Waals surface area contributed by atoms with E-state index in [0.717, 1.165) is 29.4 Å². The fourth-order valence-corrected chi connectivity index (χ4v) is 2.99. The molecule has 0 aliphatic rings. The largest absolute Gasteiger partial charge is 0.331 e. The molecule has 0 unspecified atom stereocenters. The van der Waals surface area contributed by atoms with E-state index in [1.54, 1.807) is 6.92 Å². The quantitative estimate of drug-likeness (QED) is 0.746. The number of hydrogen-bond acceptors (Lipinski definition) is 1. The molecule has 0 atom stereocenters. The van der Waals surface area contributed by atoms with Gasteiger partial charge in [0.15, 0.2) is 5.78 Å². The third-order valence-electron chi connectivity index (χ3n) is 3.24. The summed E-state index contributed by atoms with van der Waals surface area (Å²) in [5, 5.41) is 1.58. The molecular weight excluding hydrogens is 246 g/mol. The Labute approximate surface area is 113 Å². The zero-order valence-corrected chi connectivity index (χ0v) is 12.1. The summed E-state index contributed by atoms with van der Waals surface area (Å²) in [6, 6.07) is 4.21. The molecule has 0 spiro atoms. The van der Waals surface area contributed by atoms with Gasteiger partial charge in [-0.1, -0.05) is 24.6 Å². The van der Waals surface area contributed by atoms with Gasteiger partial charge in [0.05, 0.1) is 11.1 Å². The van der Waals surface area contributed by atoms with Crippen LogP contribution >= 0.6 is 11.6 Å². The molecule has 2 nitrogen and oxygen atoms in total. The number of benzene rings is 1. The molecule has 0 saturated carbocycles. The molecule has 0 bridgehead atoms. The summed E-state index contributed by atoms with van der Waals surface area (Å²) in [5.74, 6) is 0.0341. The van der Waals surface area contributed by atoms with E-state index in [1.165, 1.54) is 5.56 Å². The lowest BCUT2D eigenvalue weighted by Gasteiger charge is -2.06. The number of carbonyl (C=O) groups is 1. The Bertz CT molecular complexity index is 625. The van der Waals surface area contributed by atoms with Crippen LogP contribution in [-0.2, 0) is 6.54 Å². The topological polar surface area (TPSA) is 22.0 Å². The molecule has 0 saturated heterocycles. The normalized spacial score (nSPS) is 11.2. The van der Waals surface area contributed by atoms with Gasteiger partial charge in [-0.05, 0) is 44.4 Å². The Morgan fingerprint density at radius 2 is 2.00 bits per heavy atom. The molecule has 1 aromatic carbocycles. The van der Waals surface area contributed by atoms with Crippen molar-refractivity contribution in [2.75, 3.05) is 0 Å². The number of Topliss-reactive ketones (excluding diaryl/α,β-unsaturated/α-hetero) is 1. The highest BCUT2D eigenvalue weighted by molar-refractivity contribution is 6.35. The standard InChI is InChI=1S/C15H18ClNO/c1-5-6-17-12-8-9(2)7-10(3)13(12)14(11(4)18)15(17)16/h7-8H,5-6H2,1-4H3. The van der Waals surface area contributed by atoms with E-state index in [4.69, 9.17) is 11.6 Å². The number of nitrogens with zero attached hydrogens (tertiary/aromatic N) is 1. The van der Waals surface area contributed by atoms with Crippen molar-refractivity contribution in [2.24, 2.45) is 0 Å². The molecule has 1 heterocycles. The van der Waals surface area contributed by atoms with Crippen molar-refractivity contribution >= 4 is 28.3 Å². The van der Waals surface area contributed by atoms with Gasteiger partial charge in [0.1, 0.15) is 5.15 Å². The lowest BCUT2D eigenvalue weighted by Crippen LogP contribution is -1.98. The minimum atomic E-state index is 0.0341. The van der Waals surface area contributed by atoms with Crippen LogP contribution in [0.3, 0.4) is 0 Å². The summed E-state index contributed by atoms with van der Waals surface area (Å²) in [6.45, 7) is 8.63. The number of fused-ring (bicyclic) bond motifs is 1. The van der Waals surface area contributed by atoms with Gasteiger partial charge >= 0.3 is 0 Å². The second-order valence-corrected chi connectivity index (χ2v) is 5.21. The van der Waals surface area contributed by atoms with Gasteiger partial charge < -0.3 is 4.57 Å². The Morgan fingerprint density at radius 1 is 1.33 bits per heavy atom. The second-order valence-electron chi connectivity index (χ2n) is 4.85. The molecule has 0 fully saturated rings. The summed E-state index contributed by atoms with van der Waals surface area (Å²) in [4.78, 5) is 11.8. The number of aryl methyl sites for hydroxylation is 3. The molecule has 0 amide bonds. The Hall–Kier alpha value is -1.28. The summed E-state index contributed by atoms with van der Waals surface area (Å²) in [6.07, 6.45) is 0.994. The fraction of sp³-hybridized carbons (Fsp3) is 0.400. The monoisotopic (exact) mass is 263 g/mol. The predicted octanol–water partition coefficient (Wildman–Crippen LogP) is 4.52. The van der Waals surface area contributed by atoms with Gasteiger partial charge in [-0.2, -0.15) is 0 Å². The zero-order chi connectivity index (χ0) is 13.4. The van der Waals surface area contributed by atoms with Crippen LogP contribution in [0.4, 0.5) is 0 Å². The van der Waals surface area contributed by atoms with Crippen molar-refractivity contribution in [3.05, 3.63) is 34.0 Å². The van der Waals surface area contributed by atoms with Crippen LogP contribution in [-0.4, -0.2) is 10.4 Å². The summed E-state index contributed by atoms with van der Waals surface area (Å²) < 4.78 is 2.05. The van der Waals surface area contributed by atoms with Crippen LogP contribution in [0.15, 0.2) is 12.1 Å². The molecule has 0 aliphatic heterocycles. The van der Waals surface area contributed by atoms with Crippen molar-refractivity contribution < 1.29 is 4.79 Å². The molecule has 1 aromatic heterocycles. The molecule has 0 aliphatic carbocycles. The molecule has 96 valence electrons. The van der Waals surface area contributed by atoms with Crippen LogP contribution in [0.5, 0.6) is 0 Å². The molecule has 0 N–H and O–H groups in total. The first-order chi connectivity index (χ1) is 8.47. The van der Waals surface area contributed by atoms with Gasteiger partial charge in [0.25, 0.3) is 0 Å². The molecule has 2 aromatic rings. The third kappa shape index (κ3) is 1.95. The van der Waals surface area contributed by atoms with E-state index >= 15 is 0 Å². The SMILES string of the molecule is CCCn1c(Cl)c(C(C)=O)c2c(C)cc(C)cc21. The van der Waals surface area contributed by atoms with Crippen molar-refractivity contribution in [3.63, 3.8) is 0 Å². The van der Waals surface area contributed by atoms with E-state index in [0.29, 0.717) is 10.7 Å². The van der Waals surface area contributed by atoms with Gasteiger partial charge in [-0.15, -0.1) is 0 Å². The molecule has 0 radical (unpaired) electrons. The number of halogens is 1. The number of aromatic nitrogens is 1. The van der Waals surface area contributed by atoms with E-state index in [-0.39, 0.29) is 5.78 Å². The van der Waals surface area contributed by atoms with E-state index < -0.39 is 0 Å². The molecule has 18 heavy (non-hydrogen) atoms. The first-order valence-corrected chi connectivity index (χ1v) is 6.65. The minimum absolute atomic E-state index is 0.0341. The van der Waals surface area contributed by atoms with Crippen molar-refractivity contribution in [2.45, 2.75) is 40.7 Å². The van der Waals surface area contributed by atoms with Crippen molar-refractivity contribution in [1.82, 2.24) is 4.57 Å². The number of ketones is 1. The highest BCUT2D eigenvalue weighted by atomic mass is 35.5. The van der Waals surface area contributed by atoms with Gasteiger partial charge in [-0.25, -0.2) is 0 Å². The Balaban J connectivity index is 2.92. The number of hydrogen-bond donors (Lipinski definition) is 0. The Kier molecular flexibility index (Phi) is 3.49. The smallest absolute Gasteiger partial charge is 0.163 e. The summed E-state index contributed by atoms with van der Waals surface area (Å²) in [5.41, 5.74) is 4.05. The van der Waals surface area contributed by atoms with Gasteiger partial charge in [-0.3, -0.25) is 4.79 Å². The molecule has 2 rings (SSSR count). The highest BCUT2D eigenvalue weighted by Gasteiger charge is 2.20. The first kappa shape index (κ1) is 13.2. The van der Waals surface area contributed by atoms with Crippen LogP contribution in [0, 0.1) is 13.8 Å². The summed E-state index contributed by atoms with van der Waals surface area (Å²) in [7, 11) is 0. The zero-order valence-electron chi connectivity index (χ0n) is 11.3. The van der Waals surface area contributed by atoms with Crippen LogP contribution in [0.2, 0.25) is 5.15 Å². The maximum Gasteiger partial charge on any atom is 0.163 e. The van der Waals surface area contributed by atoms with Crippen LogP contribution in [0.1, 0.15) is 41.8 Å². The van der Waals surface area contributed by atoms with Gasteiger partial charge in [0, 0.05) is 11.9 Å². The molecular formula is C15H18ClNO. The van der Waals surface area contributed by atoms with E-state index in [9.17, 15) is 4.79 Å². The highest BCUT2D eigenvalue weighted by Crippen LogP contribution is 2.33. The lowest BCUT2D eigenvalue weighted by molar-refractivity contribution is 0.101. The van der Waals surface area contributed by atoms with E-state index in [1.807, 2.05) is 11.5 Å². The van der Waals surface area contributed by atoms with Crippen LogP contribution in [0.25, 0.3) is 10.9 Å². The summed E-state index contributed by atoms with van der Waals surface area (Å²) >= 11 is 6.39. The van der Waals surface area contributed by atoms with Crippen molar-refractivity contribution in [3.8, 4) is 0 Å². The molecule has 3 heteroatoms. The van der Waals surface area contributed by atoms with E-state index in [2.05, 4.69) is 26.0 Å². The maximum atomic E-state index is 11.8. The van der Waals surface area contributed by atoms with Gasteiger partial charge in [0.2, 0.25) is 0 Å². The minimum Gasteiger partial charge on any atom is -0.331 e. The lowest BCUT2D eigenvalue weighted by atomic mass is 10.0. The van der Waals surface area contributed by atoms with Crippen molar-refractivity contribution in [1.29, 1.82) is 0 Å².